The number of nitriles is 1. The second-order valence-electron chi connectivity index (χ2n) is 8.33. The smallest absolute Gasteiger partial charge is 0.156 e. The topological polar surface area (TPSA) is 84.3 Å². The molecule has 33 heavy (non-hydrogen) atoms. The molecule has 1 fully saturated rings. The van der Waals surface area contributed by atoms with Crippen LogP contribution in [0.4, 0.5) is 0 Å². The van der Waals surface area contributed by atoms with Crippen LogP contribution in [0.15, 0.2) is 54.9 Å². The number of rotatable bonds is 9. The highest BCUT2D eigenvalue weighted by atomic mass is 16.5. The van der Waals surface area contributed by atoms with Crippen LogP contribution < -0.4 is 4.74 Å². The minimum atomic E-state index is 0.432. The van der Waals surface area contributed by atoms with Gasteiger partial charge in [0.1, 0.15) is 12.4 Å². The van der Waals surface area contributed by atoms with Gasteiger partial charge in [-0.2, -0.15) is 15.5 Å². The Labute approximate surface area is 193 Å². The summed E-state index contributed by atoms with van der Waals surface area (Å²) < 4.78 is 9.55. The van der Waals surface area contributed by atoms with E-state index in [0.29, 0.717) is 19.4 Å². The first-order valence-corrected chi connectivity index (χ1v) is 11.5. The van der Waals surface area contributed by atoms with Gasteiger partial charge in [-0.15, -0.1) is 0 Å². The summed E-state index contributed by atoms with van der Waals surface area (Å²) in [5.74, 6) is 1.67. The van der Waals surface area contributed by atoms with E-state index >= 15 is 0 Å². The van der Waals surface area contributed by atoms with E-state index in [1.807, 2.05) is 41.0 Å². The normalized spacial score (nSPS) is 14.0. The van der Waals surface area contributed by atoms with E-state index in [1.165, 1.54) is 25.9 Å². The molecule has 8 heteroatoms. The molecule has 5 rings (SSSR count). The Bertz CT molecular complexity index is 1250. The predicted molar refractivity (Wildman–Crippen MR) is 125 cm³/mol. The number of nitrogens with zero attached hydrogens (tertiary/aromatic N) is 7. The van der Waals surface area contributed by atoms with Gasteiger partial charge in [0.05, 0.1) is 30.9 Å². The van der Waals surface area contributed by atoms with Crippen LogP contribution in [0, 0.1) is 11.3 Å². The van der Waals surface area contributed by atoms with Crippen molar-refractivity contribution in [3.05, 3.63) is 66.2 Å². The quantitative estimate of drug-likeness (QED) is 0.395. The number of fused-ring (bicyclic) bond motifs is 1. The lowest BCUT2D eigenvalue weighted by Gasteiger charge is -2.14. The van der Waals surface area contributed by atoms with E-state index in [2.05, 4.69) is 28.2 Å². The number of aromatic nitrogens is 5. The third-order valence-corrected chi connectivity index (χ3v) is 5.95. The minimum absolute atomic E-state index is 0.432. The maximum Gasteiger partial charge on any atom is 0.156 e. The molecule has 0 unspecified atom stereocenters. The van der Waals surface area contributed by atoms with Crippen LogP contribution >= 0.6 is 0 Å². The van der Waals surface area contributed by atoms with Crippen molar-refractivity contribution in [1.29, 1.82) is 5.26 Å². The molecule has 0 saturated carbocycles. The molecule has 1 aliphatic heterocycles. The molecule has 4 heterocycles. The summed E-state index contributed by atoms with van der Waals surface area (Å²) in [7, 11) is 0. The minimum Gasteiger partial charge on any atom is -0.492 e. The SMILES string of the molecule is N#CCCn1cc(-c2cccc3nc(Cc4ccc(OCCN5CCCC5)cc4)nn23)cn1. The fourth-order valence-corrected chi connectivity index (χ4v) is 4.21. The molecule has 0 spiro atoms. The average Bonchev–Trinajstić information content (AvgIpc) is 3.59. The number of likely N-dealkylation sites (tertiary alicyclic amines) is 1. The molecule has 0 N–H and O–H groups in total. The largest absolute Gasteiger partial charge is 0.492 e. The van der Waals surface area contributed by atoms with Crippen molar-refractivity contribution in [3.8, 4) is 23.1 Å². The Morgan fingerprint density at radius 1 is 1.03 bits per heavy atom. The summed E-state index contributed by atoms with van der Waals surface area (Å²) >= 11 is 0. The van der Waals surface area contributed by atoms with E-state index in [4.69, 9.17) is 20.1 Å². The van der Waals surface area contributed by atoms with Crippen molar-refractivity contribution in [3.63, 3.8) is 0 Å². The van der Waals surface area contributed by atoms with Crippen molar-refractivity contribution in [2.24, 2.45) is 0 Å². The fraction of sp³-hybridized carbons (Fsp3) is 0.360. The van der Waals surface area contributed by atoms with Gasteiger partial charge >= 0.3 is 0 Å². The number of hydrogen-bond acceptors (Lipinski definition) is 6. The van der Waals surface area contributed by atoms with Gasteiger partial charge in [0.15, 0.2) is 11.5 Å². The molecule has 4 aromatic rings. The molecule has 168 valence electrons. The zero-order valence-electron chi connectivity index (χ0n) is 18.6. The van der Waals surface area contributed by atoms with E-state index in [0.717, 1.165) is 47.2 Å². The van der Waals surface area contributed by atoms with Crippen molar-refractivity contribution >= 4 is 5.65 Å². The summed E-state index contributed by atoms with van der Waals surface area (Å²) in [5, 5.41) is 17.9. The van der Waals surface area contributed by atoms with Crippen LogP contribution in [0.25, 0.3) is 16.9 Å². The lowest BCUT2D eigenvalue weighted by Crippen LogP contribution is -2.25. The highest BCUT2D eigenvalue weighted by Gasteiger charge is 2.12. The number of pyridine rings is 1. The number of hydrogen-bond donors (Lipinski definition) is 0. The summed E-state index contributed by atoms with van der Waals surface area (Å²) in [6, 6.07) is 16.3. The van der Waals surface area contributed by atoms with Crippen molar-refractivity contribution in [1.82, 2.24) is 29.3 Å². The standard InChI is InChI=1S/C25H27N7O/c26-11-4-14-31-19-21(18-27-31)23-5-3-6-25-28-24(29-32(23)25)17-20-7-9-22(10-8-20)33-16-15-30-12-1-2-13-30/h3,5-10,18-19H,1-2,4,12-17H2. The number of benzene rings is 1. The molecular formula is C25H27N7O. The van der Waals surface area contributed by atoms with E-state index in [1.54, 1.807) is 10.9 Å². The lowest BCUT2D eigenvalue weighted by atomic mass is 10.1. The van der Waals surface area contributed by atoms with Crippen molar-refractivity contribution < 1.29 is 4.74 Å². The van der Waals surface area contributed by atoms with Gasteiger partial charge in [-0.1, -0.05) is 18.2 Å². The maximum absolute atomic E-state index is 8.79. The fourth-order valence-electron chi connectivity index (χ4n) is 4.21. The van der Waals surface area contributed by atoms with Gasteiger partial charge in [0.2, 0.25) is 0 Å². The summed E-state index contributed by atoms with van der Waals surface area (Å²) in [5.41, 5.74) is 3.82. The molecular weight excluding hydrogens is 414 g/mol. The number of aryl methyl sites for hydroxylation is 1. The number of ether oxygens (including phenoxy) is 1. The van der Waals surface area contributed by atoms with E-state index in [-0.39, 0.29) is 0 Å². The Balaban J connectivity index is 1.25. The Morgan fingerprint density at radius 2 is 1.88 bits per heavy atom. The summed E-state index contributed by atoms with van der Waals surface area (Å²) in [4.78, 5) is 7.16. The summed E-state index contributed by atoms with van der Waals surface area (Å²) in [6.07, 6.45) is 7.43. The van der Waals surface area contributed by atoms with Crippen LogP contribution in [0.5, 0.6) is 5.75 Å². The molecule has 1 aliphatic rings. The van der Waals surface area contributed by atoms with Crippen LogP contribution in [-0.4, -0.2) is 55.5 Å². The second kappa shape index (κ2) is 9.84. The zero-order valence-corrected chi connectivity index (χ0v) is 18.6. The van der Waals surface area contributed by atoms with E-state index in [9.17, 15) is 0 Å². The first-order valence-electron chi connectivity index (χ1n) is 11.5. The van der Waals surface area contributed by atoms with Gasteiger partial charge in [0.25, 0.3) is 0 Å². The monoisotopic (exact) mass is 441 g/mol. The molecule has 0 amide bonds. The van der Waals surface area contributed by atoms with Crippen LogP contribution in [0.1, 0.15) is 30.7 Å². The van der Waals surface area contributed by atoms with Crippen molar-refractivity contribution in [2.45, 2.75) is 32.2 Å². The first-order chi connectivity index (χ1) is 16.3. The van der Waals surface area contributed by atoms with Gasteiger partial charge in [-0.3, -0.25) is 9.58 Å². The van der Waals surface area contributed by atoms with Gasteiger partial charge in [-0.05, 0) is 55.8 Å². The Hall–Kier alpha value is -3.70. The zero-order chi connectivity index (χ0) is 22.5. The van der Waals surface area contributed by atoms with Crippen molar-refractivity contribution in [2.75, 3.05) is 26.2 Å². The summed E-state index contributed by atoms with van der Waals surface area (Å²) in [6.45, 7) is 4.68. The van der Waals surface area contributed by atoms with E-state index < -0.39 is 0 Å². The van der Waals surface area contributed by atoms with Gasteiger partial charge in [-0.25, -0.2) is 9.50 Å². The molecule has 0 aliphatic carbocycles. The highest BCUT2D eigenvalue weighted by molar-refractivity contribution is 5.61. The Morgan fingerprint density at radius 3 is 2.70 bits per heavy atom. The Kier molecular flexibility index (Phi) is 6.31. The molecule has 0 atom stereocenters. The van der Waals surface area contributed by atoms with Gasteiger partial charge < -0.3 is 4.74 Å². The highest BCUT2D eigenvalue weighted by Crippen LogP contribution is 2.21. The molecule has 1 aromatic carbocycles. The molecule has 0 radical (unpaired) electrons. The van der Waals surface area contributed by atoms with Crippen LogP contribution in [-0.2, 0) is 13.0 Å². The maximum atomic E-state index is 8.79. The van der Waals surface area contributed by atoms with Crippen LogP contribution in [0.3, 0.4) is 0 Å². The van der Waals surface area contributed by atoms with Gasteiger partial charge in [0, 0.05) is 24.7 Å². The lowest BCUT2D eigenvalue weighted by molar-refractivity contribution is 0.238. The molecule has 1 saturated heterocycles. The second-order valence-corrected chi connectivity index (χ2v) is 8.33. The third-order valence-electron chi connectivity index (χ3n) is 5.95. The molecule has 8 nitrogen and oxygen atoms in total. The predicted octanol–water partition coefficient (Wildman–Crippen LogP) is 3.57. The van der Waals surface area contributed by atoms with Crippen LogP contribution in [0.2, 0.25) is 0 Å². The molecule has 3 aromatic heterocycles. The first kappa shape index (κ1) is 21.2. The third kappa shape index (κ3) is 5.04. The average molecular weight is 442 g/mol. The molecule has 0 bridgehead atoms.